The SMILES string of the molecule is NC(=O)CCNC(=O)c1ccccc1NC(=O)c1ccc(SC(F)(F)F)cc1. The molecular weight excluding hydrogens is 395 g/mol. The van der Waals surface area contributed by atoms with Crippen molar-refractivity contribution in [2.45, 2.75) is 16.8 Å². The van der Waals surface area contributed by atoms with E-state index in [2.05, 4.69) is 10.6 Å². The average molecular weight is 411 g/mol. The van der Waals surface area contributed by atoms with Crippen molar-refractivity contribution in [3.8, 4) is 0 Å². The van der Waals surface area contributed by atoms with Crippen LogP contribution in [0.15, 0.2) is 53.4 Å². The molecule has 0 spiro atoms. The minimum absolute atomic E-state index is 0.0252. The second-order valence-corrected chi connectivity index (χ2v) is 6.68. The van der Waals surface area contributed by atoms with Gasteiger partial charge in [-0.3, -0.25) is 14.4 Å². The Kier molecular flexibility index (Phi) is 7.05. The van der Waals surface area contributed by atoms with Gasteiger partial charge in [0.2, 0.25) is 5.91 Å². The lowest BCUT2D eigenvalue weighted by molar-refractivity contribution is -0.117. The second kappa shape index (κ2) is 9.27. The molecule has 0 bridgehead atoms. The van der Waals surface area contributed by atoms with E-state index in [9.17, 15) is 27.6 Å². The number of carbonyl (C=O) groups excluding carboxylic acids is 3. The number of halogens is 3. The number of nitrogens with two attached hydrogens (primary N) is 1. The number of benzene rings is 2. The third-order valence-electron chi connectivity index (χ3n) is 3.43. The van der Waals surface area contributed by atoms with Gasteiger partial charge in [-0.2, -0.15) is 13.2 Å². The minimum atomic E-state index is -4.41. The van der Waals surface area contributed by atoms with E-state index >= 15 is 0 Å². The summed E-state index contributed by atoms with van der Waals surface area (Å²) >= 11 is -0.276. The van der Waals surface area contributed by atoms with Crippen molar-refractivity contribution in [3.05, 3.63) is 59.7 Å². The van der Waals surface area contributed by atoms with Gasteiger partial charge >= 0.3 is 5.51 Å². The molecule has 6 nitrogen and oxygen atoms in total. The number of thioether (sulfide) groups is 1. The Balaban J connectivity index is 2.08. The van der Waals surface area contributed by atoms with Crippen molar-refractivity contribution in [3.63, 3.8) is 0 Å². The van der Waals surface area contributed by atoms with Crippen molar-refractivity contribution >= 4 is 35.2 Å². The number of hydrogen-bond acceptors (Lipinski definition) is 4. The van der Waals surface area contributed by atoms with Crippen LogP contribution in [-0.4, -0.2) is 29.8 Å². The van der Waals surface area contributed by atoms with Crippen molar-refractivity contribution in [2.75, 3.05) is 11.9 Å². The smallest absolute Gasteiger partial charge is 0.370 e. The zero-order valence-electron chi connectivity index (χ0n) is 14.4. The highest BCUT2D eigenvalue weighted by Gasteiger charge is 2.29. The van der Waals surface area contributed by atoms with Crippen LogP contribution in [0.5, 0.6) is 0 Å². The number of amides is 3. The molecule has 2 rings (SSSR count). The molecule has 0 aliphatic heterocycles. The molecule has 0 aromatic heterocycles. The van der Waals surface area contributed by atoms with Crippen LogP contribution >= 0.6 is 11.8 Å². The zero-order valence-corrected chi connectivity index (χ0v) is 15.2. The first-order chi connectivity index (χ1) is 13.2. The third kappa shape index (κ3) is 6.62. The van der Waals surface area contributed by atoms with E-state index in [0.29, 0.717) is 0 Å². The molecule has 148 valence electrons. The Hall–Kier alpha value is -3.01. The number of anilines is 1. The summed E-state index contributed by atoms with van der Waals surface area (Å²) in [4.78, 5) is 35.3. The highest BCUT2D eigenvalue weighted by atomic mass is 32.2. The number of primary amides is 1. The summed E-state index contributed by atoms with van der Waals surface area (Å²) in [6, 6.07) is 11.1. The lowest BCUT2D eigenvalue weighted by atomic mass is 10.1. The van der Waals surface area contributed by atoms with Gasteiger partial charge in [0.15, 0.2) is 0 Å². The van der Waals surface area contributed by atoms with Gasteiger partial charge in [0.05, 0.1) is 11.3 Å². The van der Waals surface area contributed by atoms with Crippen molar-refractivity contribution < 1.29 is 27.6 Å². The molecule has 0 atom stereocenters. The Bertz CT molecular complexity index is 870. The fourth-order valence-corrected chi connectivity index (χ4v) is 2.73. The number of rotatable bonds is 7. The van der Waals surface area contributed by atoms with E-state index in [4.69, 9.17) is 5.73 Å². The lowest BCUT2D eigenvalue weighted by Crippen LogP contribution is -2.28. The molecule has 0 saturated carbocycles. The fraction of sp³-hybridized carbons (Fsp3) is 0.167. The molecule has 10 heteroatoms. The summed E-state index contributed by atoms with van der Waals surface area (Å²) in [7, 11) is 0. The summed E-state index contributed by atoms with van der Waals surface area (Å²) in [6.45, 7) is 0.0504. The molecule has 0 aliphatic rings. The average Bonchev–Trinajstić information content (AvgIpc) is 2.61. The van der Waals surface area contributed by atoms with E-state index < -0.39 is 23.2 Å². The number of para-hydroxylation sites is 1. The van der Waals surface area contributed by atoms with Gasteiger partial charge in [-0.25, -0.2) is 0 Å². The molecule has 4 N–H and O–H groups in total. The second-order valence-electron chi connectivity index (χ2n) is 5.54. The van der Waals surface area contributed by atoms with E-state index in [1.54, 1.807) is 12.1 Å². The van der Waals surface area contributed by atoms with E-state index in [1.807, 2.05) is 0 Å². The van der Waals surface area contributed by atoms with Crippen LogP contribution in [0.25, 0.3) is 0 Å². The summed E-state index contributed by atoms with van der Waals surface area (Å²) < 4.78 is 37.1. The highest BCUT2D eigenvalue weighted by Crippen LogP contribution is 2.36. The maximum atomic E-state index is 12.4. The Labute approximate surface area is 162 Å². The molecule has 2 aromatic carbocycles. The maximum absolute atomic E-state index is 12.4. The summed E-state index contributed by atoms with van der Waals surface area (Å²) in [6.07, 6.45) is -0.0252. The summed E-state index contributed by atoms with van der Waals surface area (Å²) in [5.74, 6) is -1.65. The molecule has 0 radical (unpaired) electrons. The standard InChI is InChI=1S/C18H16F3N3O3S/c19-18(20,21)28-12-7-5-11(6-8-12)16(26)24-14-4-2-1-3-13(14)17(27)23-10-9-15(22)25/h1-8H,9-10H2,(H2,22,25)(H,23,27)(H,24,26). The fourth-order valence-electron chi connectivity index (χ4n) is 2.19. The quantitative estimate of drug-likeness (QED) is 0.609. The molecule has 0 unspecified atom stereocenters. The van der Waals surface area contributed by atoms with Crippen LogP contribution in [0.3, 0.4) is 0 Å². The maximum Gasteiger partial charge on any atom is 0.446 e. The van der Waals surface area contributed by atoms with Gasteiger partial charge in [0.25, 0.3) is 11.8 Å². The normalized spacial score (nSPS) is 11.0. The van der Waals surface area contributed by atoms with E-state index in [1.165, 1.54) is 36.4 Å². The molecule has 0 saturated heterocycles. The number of alkyl halides is 3. The number of nitrogens with one attached hydrogen (secondary N) is 2. The molecule has 2 aromatic rings. The Morgan fingerprint density at radius 3 is 2.21 bits per heavy atom. The number of carbonyl (C=O) groups is 3. The molecular formula is C18H16F3N3O3S. The minimum Gasteiger partial charge on any atom is -0.370 e. The summed E-state index contributed by atoms with van der Waals surface area (Å²) in [5, 5.41) is 5.07. The summed E-state index contributed by atoms with van der Waals surface area (Å²) in [5.41, 5.74) is 1.12. The molecule has 0 aliphatic carbocycles. The van der Waals surface area contributed by atoms with Crippen molar-refractivity contribution in [1.82, 2.24) is 5.32 Å². The van der Waals surface area contributed by atoms with Gasteiger partial charge in [-0.1, -0.05) is 12.1 Å². The molecule has 0 heterocycles. The topological polar surface area (TPSA) is 101 Å². The van der Waals surface area contributed by atoms with Crippen molar-refractivity contribution in [2.24, 2.45) is 5.73 Å². The van der Waals surface area contributed by atoms with E-state index in [-0.39, 0.29) is 46.4 Å². The molecule has 3 amide bonds. The largest absolute Gasteiger partial charge is 0.446 e. The van der Waals surface area contributed by atoms with Gasteiger partial charge in [-0.05, 0) is 48.2 Å². The third-order valence-corrected chi connectivity index (χ3v) is 4.17. The van der Waals surface area contributed by atoms with Gasteiger partial charge < -0.3 is 16.4 Å². The predicted molar refractivity (Wildman–Crippen MR) is 98.9 cm³/mol. The first-order valence-corrected chi connectivity index (χ1v) is 8.80. The van der Waals surface area contributed by atoms with Crippen LogP contribution < -0.4 is 16.4 Å². The van der Waals surface area contributed by atoms with Crippen LogP contribution in [0.1, 0.15) is 27.1 Å². The zero-order chi connectivity index (χ0) is 20.7. The first kappa shape index (κ1) is 21.3. The van der Waals surface area contributed by atoms with Gasteiger partial charge in [0, 0.05) is 23.4 Å². The van der Waals surface area contributed by atoms with Crippen LogP contribution in [0.2, 0.25) is 0 Å². The van der Waals surface area contributed by atoms with Crippen molar-refractivity contribution in [1.29, 1.82) is 0 Å². The van der Waals surface area contributed by atoms with E-state index in [0.717, 1.165) is 0 Å². The van der Waals surface area contributed by atoms with Crippen LogP contribution in [0.4, 0.5) is 18.9 Å². The van der Waals surface area contributed by atoms with Crippen LogP contribution in [-0.2, 0) is 4.79 Å². The molecule has 0 fully saturated rings. The highest BCUT2D eigenvalue weighted by molar-refractivity contribution is 8.00. The van der Waals surface area contributed by atoms with Gasteiger partial charge in [-0.15, -0.1) is 0 Å². The monoisotopic (exact) mass is 411 g/mol. The number of hydrogen-bond donors (Lipinski definition) is 3. The predicted octanol–water partition coefficient (Wildman–Crippen LogP) is 3.16. The first-order valence-electron chi connectivity index (χ1n) is 7.98. The van der Waals surface area contributed by atoms with Crippen LogP contribution in [0, 0.1) is 0 Å². The van der Waals surface area contributed by atoms with Gasteiger partial charge in [0.1, 0.15) is 0 Å². The lowest BCUT2D eigenvalue weighted by Gasteiger charge is -2.11. The molecule has 28 heavy (non-hydrogen) atoms. The Morgan fingerprint density at radius 2 is 1.61 bits per heavy atom. The Morgan fingerprint density at radius 1 is 0.964 bits per heavy atom.